The monoisotopic (exact) mass is 437 g/mol. The lowest BCUT2D eigenvalue weighted by atomic mass is 10.2. The van der Waals surface area contributed by atoms with Crippen LogP contribution in [0.5, 0.6) is 0 Å². The van der Waals surface area contributed by atoms with Gasteiger partial charge in [0.05, 0.1) is 11.1 Å². The Bertz CT molecular complexity index is 1310. The van der Waals surface area contributed by atoms with Crippen LogP contribution in [0.25, 0.3) is 10.9 Å². The third kappa shape index (κ3) is 4.40. The minimum absolute atomic E-state index is 0.176. The fourth-order valence-corrected chi connectivity index (χ4v) is 4.15. The van der Waals surface area contributed by atoms with Crippen LogP contribution in [0.2, 0.25) is 5.02 Å². The van der Waals surface area contributed by atoms with Gasteiger partial charge in [-0.2, -0.15) is 13.5 Å². The van der Waals surface area contributed by atoms with Gasteiger partial charge in [-0.25, -0.2) is 4.83 Å². The van der Waals surface area contributed by atoms with E-state index in [1.165, 1.54) is 6.21 Å². The third-order valence-electron chi connectivity index (χ3n) is 4.79. The van der Waals surface area contributed by atoms with Gasteiger partial charge < -0.3 is 4.57 Å². The van der Waals surface area contributed by atoms with Crippen LogP contribution in [0.15, 0.2) is 89.0 Å². The summed E-state index contributed by atoms with van der Waals surface area (Å²) < 4.78 is 27.0. The molecule has 4 aromatic rings. The van der Waals surface area contributed by atoms with Gasteiger partial charge in [-0.05, 0) is 42.8 Å². The third-order valence-corrected chi connectivity index (χ3v) is 6.28. The smallest absolute Gasteiger partial charge is 0.276 e. The summed E-state index contributed by atoms with van der Waals surface area (Å²) >= 11 is 5.98. The summed E-state index contributed by atoms with van der Waals surface area (Å²) in [5, 5.41) is 5.69. The van der Waals surface area contributed by atoms with E-state index in [4.69, 9.17) is 11.6 Å². The van der Waals surface area contributed by atoms with Crippen LogP contribution in [-0.4, -0.2) is 19.2 Å². The Hall–Kier alpha value is -3.09. The summed E-state index contributed by atoms with van der Waals surface area (Å²) in [6, 6.07) is 22.3. The van der Waals surface area contributed by atoms with Crippen LogP contribution in [0.1, 0.15) is 16.7 Å². The molecule has 1 heterocycles. The second kappa shape index (κ2) is 8.34. The van der Waals surface area contributed by atoms with Gasteiger partial charge >= 0.3 is 0 Å². The van der Waals surface area contributed by atoms with Gasteiger partial charge in [0.15, 0.2) is 0 Å². The first-order valence-electron chi connectivity index (χ1n) is 9.36. The summed E-state index contributed by atoms with van der Waals surface area (Å²) in [5.41, 5.74) is 3.97. The van der Waals surface area contributed by atoms with Crippen molar-refractivity contribution in [1.29, 1.82) is 0 Å². The maximum atomic E-state index is 12.4. The molecule has 7 heteroatoms. The van der Waals surface area contributed by atoms with E-state index in [1.54, 1.807) is 24.3 Å². The van der Waals surface area contributed by atoms with E-state index in [9.17, 15) is 8.42 Å². The Kier molecular flexibility index (Phi) is 5.61. The highest BCUT2D eigenvalue weighted by atomic mass is 35.5. The van der Waals surface area contributed by atoms with Crippen molar-refractivity contribution in [3.05, 3.63) is 101 Å². The molecule has 0 spiro atoms. The quantitative estimate of drug-likeness (QED) is 0.342. The molecule has 0 fully saturated rings. The van der Waals surface area contributed by atoms with E-state index in [0.29, 0.717) is 11.6 Å². The molecular weight excluding hydrogens is 418 g/mol. The SMILES string of the molecule is Cc1ccc(S(=O)(=O)N/N=C\c2cn(Cc3ccc(Cl)cc3)c3ccccc23)cc1. The molecule has 0 bridgehead atoms. The van der Waals surface area contributed by atoms with Crippen LogP contribution in [0, 0.1) is 6.92 Å². The number of para-hydroxylation sites is 1. The summed E-state index contributed by atoms with van der Waals surface area (Å²) in [6.45, 7) is 2.57. The lowest BCUT2D eigenvalue weighted by Gasteiger charge is -2.05. The zero-order chi connectivity index (χ0) is 21.1. The maximum Gasteiger partial charge on any atom is 0.276 e. The molecule has 5 nitrogen and oxygen atoms in total. The number of fused-ring (bicyclic) bond motifs is 1. The molecule has 0 aliphatic carbocycles. The number of hydrogen-bond donors (Lipinski definition) is 1. The van der Waals surface area contributed by atoms with E-state index >= 15 is 0 Å². The van der Waals surface area contributed by atoms with Crippen molar-refractivity contribution < 1.29 is 8.42 Å². The molecule has 0 saturated heterocycles. The van der Waals surface area contributed by atoms with Gasteiger partial charge in [0.2, 0.25) is 0 Å². The topological polar surface area (TPSA) is 63.5 Å². The van der Waals surface area contributed by atoms with E-state index in [0.717, 1.165) is 27.6 Å². The number of nitrogens with one attached hydrogen (secondary N) is 1. The molecule has 0 aliphatic rings. The van der Waals surface area contributed by atoms with Crippen LogP contribution >= 0.6 is 11.6 Å². The molecule has 4 rings (SSSR count). The number of aromatic nitrogens is 1. The van der Waals surface area contributed by atoms with Crippen molar-refractivity contribution in [2.24, 2.45) is 5.10 Å². The van der Waals surface area contributed by atoms with Crippen LogP contribution in [-0.2, 0) is 16.6 Å². The summed E-state index contributed by atoms with van der Waals surface area (Å²) in [6.07, 6.45) is 3.50. The number of benzene rings is 3. The van der Waals surface area contributed by atoms with Crippen molar-refractivity contribution in [2.75, 3.05) is 0 Å². The van der Waals surface area contributed by atoms with E-state index < -0.39 is 10.0 Å². The Morgan fingerprint density at radius 2 is 1.70 bits per heavy atom. The van der Waals surface area contributed by atoms with Crippen molar-refractivity contribution in [3.8, 4) is 0 Å². The molecule has 152 valence electrons. The Morgan fingerprint density at radius 3 is 2.43 bits per heavy atom. The Balaban J connectivity index is 1.59. The maximum absolute atomic E-state index is 12.4. The highest BCUT2D eigenvalue weighted by Gasteiger charge is 2.12. The zero-order valence-electron chi connectivity index (χ0n) is 16.3. The Labute approximate surface area is 180 Å². The van der Waals surface area contributed by atoms with Crippen molar-refractivity contribution in [3.63, 3.8) is 0 Å². The first-order valence-corrected chi connectivity index (χ1v) is 11.2. The first-order chi connectivity index (χ1) is 14.4. The average molecular weight is 438 g/mol. The average Bonchev–Trinajstić information content (AvgIpc) is 3.08. The highest BCUT2D eigenvalue weighted by molar-refractivity contribution is 7.89. The number of hydrazone groups is 1. The lowest BCUT2D eigenvalue weighted by Crippen LogP contribution is -2.18. The molecule has 0 radical (unpaired) electrons. The molecule has 30 heavy (non-hydrogen) atoms. The predicted octanol–water partition coefficient (Wildman–Crippen LogP) is 4.96. The number of aryl methyl sites for hydroxylation is 1. The van der Waals surface area contributed by atoms with E-state index in [-0.39, 0.29) is 4.90 Å². The predicted molar refractivity (Wildman–Crippen MR) is 122 cm³/mol. The van der Waals surface area contributed by atoms with Gasteiger partial charge in [0.1, 0.15) is 0 Å². The van der Waals surface area contributed by atoms with Gasteiger partial charge in [0, 0.05) is 34.2 Å². The fourth-order valence-electron chi connectivity index (χ4n) is 3.23. The second-order valence-electron chi connectivity index (χ2n) is 7.02. The molecule has 0 atom stereocenters. The molecule has 3 aromatic carbocycles. The number of sulfonamides is 1. The molecule has 0 aliphatic heterocycles. The molecule has 0 saturated carbocycles. The van der Waals surface area contributed by atoms with Crippen LogP contribution in [0.3, 0.4) is 0 Å². The largest absolute Gasteiger partial charge is 0.342 e. The van der Waals surface area contributed by atoms with Crippen molar-refractivity contribution in [1.82, 2.24) is 9.40 Å². The molecule has 0 amide bonds. The van der Waals surface area contributed by atoms with E-state index in [2.05, 4.69) is 14.5 Å². The lowest BCUT2D eigenvalue weighted by molar-refractivity contribution is 0.584. The van der Waals surface area contributed by atoms with E-state index in [1.807, 2.05) is 61.7 Å². The van der Waals surface area contributed by atoms with Crippen molar-refractivity contribution >= 4 is 38.7 Å². The fraction of sp³-hybridized carbons (Fsp3) is 0.0870. The van der Waals surface area contributed by atoms with Crippen LogP contribution < -0.4 is 4.83 Å². The first kappa shape index (κ1) is 20.2. The minimum Gasteiger partial charge on any atom is -0.342 e. The minimum atomic E-state index is -3.71. The summed E-state index contributed by atoms with van der Waals surface area (Å²) in [7, 11) is -3.71. The number of hydrogen-bond acceptors (Lipinski definition) is 3. The van der Waals surface area contributed by atoms with Gasteiger partial charge in [-0.3, -0.25) is 0 Å². The second-order valence-corrected chi connectivity index (χ2v) is 9.12. The Morgan fingerprint density at radius 1 is 1.00 bits per heavy atom. The molecular formula is C23H20ClN3O2S. The number of rotatable bonds is 6. The molecule has 1 aromatic heterocycles. The number of nitrogens with zero attached hydrogens (tertiary/aromatic N) is 2. The zero-order valence-corrected chi connectivity index (χ0v) is 17.9. The normalized spacial score (nSPS) is 11.9. The van der Waals surface area contributed by atoms with Crippen molar-refractivity contribution in [2.45, 2.75) is 18.4 Å². The highest BCUT2D eigenvalue weighted by Crippen LogP contribution is 2.22. The molecule has 1 N–H and O–H groups in total. The van der Waals surface area contributed by atoms with Gasteiger partial charge in [0.25, 0.3) is 10.0 Å². The summed E-state index contributed by atoms with van der Waals surface area (Å²) in [5.74, 6) is 0. The van der Waals surface area contributed by atoms with Crippen LogP contribution in [0.4, 0.5) is 0 Å². The molecule has 0 unspecified atom stereocenters. The standard InChI is InChI=1S/C23H20ClN3O2S/c1-17-6-12-21(13-7-17)30(28,29)26-25-14-19-16-27(23-5-3-2-4-22(19)23)15-18-8-10-20(24)11-9-18/h2-14,16,26H,15H2,1H3/b25-14-. The number of halogens is 1. The summed E-state index contributed by atoms with van der Waals surface area (Å²) in [4.78, 5) is 2.47. The van der Waals surface area contributed by atoms with Gasteiger partial charge in [-0.15, -0.1) is 0 Å². The van der Waals surface area contributed by atoms with Gasteiger partial charge in [-0.1, -0.05) is 59.6 Å².